The van der Waals surface area contributed by atoms with Crippen LogP contribution in [0.3, 0.4) is 0 Å². The highest BCUT2D eigenvalue weighted by atomic mass is 19.4. The standard InChI is InChI=1S/C18H22F3N5O2/c1-4-28-16(27)12-6-5-7-26(10-12)17-23-14(8-15(24-17)18(19,20)21)13-9-22-25(3)11(13)2/h8-9,12H,4-7,10H2,1-3H3/t12-/m0/s1. The molecule has 0 aromatic carbocycles. The second kappa shape index (κ2) is 7.76. The maximum absolute atomic E-state index is 13.4. The molecule has 7 nitrogen and oxygen atoms in total. The summed E-state index contributed by atoms with van der Waals surface area (Å²) in [6.45, 7) is 4.44. The smallest absolute Gasteiger partial charge is 0.433 e. The number of esters is 1. The molecule has 0 spiro atoms. The lowest BCUT2D eigenvalue weighted by atomic mass is 9.98. The van der Waals surface area contributed by atoms with Crippen LogP contribution in [0.5, 0.6) is 0 Å². The molecule has 0 radical (unpaired) electrons. The molecular formula is C18H22F3N5O2. The minimum Gasteiger partial charge on any atom is -0.466 e. The zero-order valence-corrected chi connectivity index (χ0v) is 16.0. The van der Waals surface area contributed by atoms with Gasteiger partial charge in [-0.1, -0.05) is 0 Å². The zero-order valence-electron chi connectivity index (χ0n) is 16.0. The minimum absolute atomic E-state index is 0.0397. The second-order valence-electron chi connectivity index (χ2n) is 6.74. The highest BCUT2D eigenvalue weighted by Gasteiger charge is 2.36. The summed E-state index contributed by atoms with van der Waals surface area (Å²) in [4.78, 5) is 21.8. The van der Waals surface area contributed by atoms with Gasteiger partial charge >= 0.3 is 12.1 Å². The van der Waals surface area contributed by atoms with Crippen LogP contribution in [0.2, 0.25) is 0 Å². The number of hydrogen-bond donors (Lipinski definition) is 0. The van der Waals surface area contributed by atoms with Gasteiger partial charge in [0.05, 0.1) is 24.4 Å². The van der Waals surface area contributed by atoms with E-state index >= 15 is 0 Å². The summed E-state index contributed by atoms with van der Waals surface area (Å²) in [5.74, 6) is -0.792. The fraction of sp³-hybridized carbons (Fsp3) is 0.556. The van der Waals surface area contributed by atoms with E-state index in [1.165, 1.54) is 6.20 Å². The Morgan fingerprint density at radius 1 is 1.36 bits per heavy atom. The first-order valence-electron chi connectivity index (χ1n) is 9.07. The van der Waals surface area contributed by atoms with Crippen LogP contribution in [0, 0.1) is 12.8 Å². The fourth-order valence-corrected chi connectivity index (χ4v) is 3.22. The molecular weight excluding hydrogens is 375 g/mol. The van der Waals surface area contributed by atoms with E-state index in [-0.39, 0.29) is 30.8 Å². The molecule has 2 aromatic rings. The molecule has 10 heteroatoms. The van der Waals surface area contributed by atoms with Gasteiger partial charge in [-0.15, -0.1) is 0 Å². The Hall–Kier alpha value is -2.65. The number of anilines is 1. The number of ether oxygens (including phenoxy) is 1. The topological polar surface area (TPSA) is 73.1 Å². The maximum Gasteiger partial charge on any atom is 0.433 e. The van der Waals surface area contributed by atoms with Gasteiger partial charge in [-0.2, -0.15) is 18.3 Å². The Morgan fingerprint density at radius 2 is 2.11 bits per heavy atom. The number of alkyl halides is 3. The molecule has 1 aliphatic rings. The van der Waals surface area contributed by atoms with E-state index in [1.54, 1.807) is 30.5 Å². The van der Waals surface area contributed by atoms with E-state index in [4.69, 9.17) is 4.74 Å². The van der Waals surface area contributed by atoms with Crippen LogP contribution >= 0.6 is 0 Å². The Kier molecular flexibility index (Phi) is 5.57. The zero-order chi connectivity index (χ0) is 20.5. The Balaban J connectivity index is 1.99. The van der Waals surface area contributed by atoms with Gasteiger partial charge in [0.25, 0.3) is 0 Å². The Labute approximate surface area is 160 Å². The van der Waals surface area contributed by atoms with Crippen LogP contribution in [-0.2, 0) is 22.8 Å². The quantitative estimate of drug-likeness (QED) is 0.739. The molecule has 0 bridgehead atoms. The molecule has 1 fully saturated rings. The predicted octanol–water partition coefficient (Wildman–Crippen LogP) is 2.98. The number of carbonyl (C=O) groups is 1. The van der Waals surface area contributed by atoms with Crippen LogP contribution in [-0.4, -0.2) is 45.4 Å². The number of piperidine rings is 1. The Bertz CT molecular complexity index is 865. The minimum atomic E-state index is -4.61. The monoisotopic (exact) mass is 397 g/mol. The van der Waals surface area contributed by atoms with E-state index in [2.05, 4.69) is 15.1 Å². The third-order valence-corrected chi connectivity index (χ3v) is 4.84. The third-order valence-electron chi connectivity index (χ3n) is 4.84. The van der Waals surface area contributed by atoms with Crippen molar-refractivity contribution < 1.29 is 22.7 Å². The van der Waals surface area contributed by atoms with Crippen LogP contribution in [0.25, 0.3) is 11.3 Å². The number of carbonyl (C=O) groups excluding carboxylic acids is 1. The van der Waals surface area contributed by atoms with E-state index in [1.807, 2.05) is 0 Å². The van der Waals surface area contributed by atoms with Gasteiger partial charge < -0.3 is 9.64 Å². The van der Waals surface area contributed by atoms with Crippen molar-refractivity contribution >= 4 is 11.9 Å². The molecule has 152 valence electrons. The molecule has 0 saturated carbocycles. The maximum atomic E-state index is 13.4. The van der Waals surface area contributed by atoms with Crippen LogP contribution in [0.1, 0.15) is 31.2 Å². The molecule has 3 rings (SSSR count). The number of aryl methyl sites for hydroxylation is 1. The third kappa shape index (κ3) is 4.10. The van der Waals surface area contributed by atoms with E-state index in [0.717, 1.165) is 6.07 Å². The average Bonchev–Trinajstić information content (AvgIpc) is 3.00. The summed E-state index contributed by atoms with van der Waals surface area (Å²) in [7, 11) is 1.71. The predicted molar refractivity (Wildman–Crippen MR) is 95.5 cm³/mol. The largest absolute Gasteiger partial charge is 0.466 e. The number of hydrogen-bond acceptors (Lipinski definition) is 6. The molecule has 1 aliphatic heterocycles. The average molecular weight is 397 g/mol. The van der Waals surface area contributed by atoms with Crippen molar-refractivity contribution in [2.75, 3.05) is 24.6 Å². The molecule has 3 heterocycles. The lowest BCUT2D eigenvalue weighted by Crippen LogP contribution is -2.40. The number of aromatic nitrogens is 4. The summed E-state index contributed by atoms with van der Waals surface area (Å²) in [5.41, 5.74) is 0.339. The van der Waals surface area contributed by atoms with Gasteiger partial charge in [0.1, 0.15) is 0 Å². The van der Waals surface area contributed by atoms with Crippen LogP contribution < -0.4 is 4.90 Å². The van der Waals surface area contributed by atoms with Gasteiger partial charge in [-0.3, -0.25) is 9.48 Å². The highest BCUT2D eigenvalue weighted by molar-refractivity contribution is 5.73. The molecule has 0 amide bonds. The lowest BCUT2D eigenvalue weighted by molar-refractivity contribution is -0.148. The summed E-state index contributed by atoms with van der Waals surface area (Å²) in [6.07, 6.45) is -1.86. The first-order valence-corrected chi connectivity index (χ1v) is 9.07. The SMILES string of the molecule is CCOC(=O)[C@H]1CCCN(c2nc(-c3cnn(C)c3C)cc(C(F)(F)F)n2)C1. The van der Waals surface area contributed by atoms with Crippen LogP contribution in [0.15, 0.2) is 12.3 Å². The summed E-state index contributed by atoms with van der Waals surface area (Å²) in [5, 5.41) is 4.08. The molecule has 0 unspecified atom stereocenters. The molecule has 28 heavy (non-hydrogen) atoms. The summed E-state index contributed by atoms with van der Waals surface area (Å²) >= 11 is 0. The summed E-state index contributed by atoms with van der Waals surface area (Å²) in [6, 6.07) is 0.931. The van der Waals surface area contributed by atoms with E-state index in [0.29, 0.717) is 30.6 Å². The first-order chi connectivity index (χ1) is 13.2. The van der Waals surface area contributed by atoms with Gasteiger partial charge in [0, 0.05) is 31.4 Å². The van der Waals surface area contributed by atoms with Crippen molar-refractivity contribution in [3.05, 3.63) is 23.7 Å². The Morgan fingerprint density at radius 3 is 2.71 bits per heavy atom. The number of nitrogens with zero attached hydrogens (tertiary/aromatic N) is 5. The van der Waals surface area contributed by atoms with Gasteiger partial charge in [-0.05, 0) is 32.8 Å². The molecule has 1 saturated heterocycles. The van der Waals surface area contributed by atoms with E-state index < -0.39 is 17.8 Å². The van der Waals surface area contributed by atoms with Crippen molar-refractivity contribution in [3.63, 3.8) is 0 Å². The van der Waals surface area contributed by atoms with Gasteiger partial charge in [0.2, 0.25) is 5.95 Å². The molecule has 0 N–H and O–H groups in total. The molecule has 2 aromatic heterocycles. The highest BCUT2D eigenvalue weighted by Crippen LogP contribution is 2.33. The van der Waals surface area contributed by atoms with Gasteiger partial charge in [0.15, 0.2) is 5.69 Å². The normalized spacial score (nSPS) is 17.6. The fourth-order valence-electron chi connectivity index (χ4n) is 3.22. The second-order valence-corrected chi connectivity index (χ2v) is 6.74. The van der Waals surface area contributed by atoms with Crippen molar-refractivity contribution in [2.45, 2.75) is 32.9 Å². The number of halogens is 3. The van der Waals surface area contributed by atoms with Crippen molar-refractivity contribution in [3.8, 4) is 11.3 Å². The number of rotatable bonds is 4. The summed E-state index contributed by atoms with van der Waals surface area (Å²) < 4.78 is 46.9. The first kappa shape index (κ1) is 20.1. The van der Waals surface area contributed by atoms with Crippen molar-refractivity contribution in [1.29, 1.82) is 0 Å². The lowest BCUT2D eigenvalue weighted by Gasteiger charge is -2.32. The van der Waals surface area contributed by atoms with E-state index in [9.17, 15) is 18.0 Å². The molecule has 1 atom stereocenters. The van der Waals surface area contributed by atoms with Crippen molar-refractivity contribution in [2.24, 2.45) is 13.0 Å². The van der Waals surface area contributed by atoms with Gasteiger partial charge in [-0.25, -0.2) is 9.97 Å². The van der Waals surface area contributed by atoms with Crippen LogP contribution in [0.4, 0.5) is 19.1 Å². The van der Waals surface area contributed by atoms with Crippen molar-refractivity contribution in [1.82, 2.24) is 19.7 Å². The molecule has 0 aliphatic carbocycles.